The Hall–Kier alpha value is -3.18. The van der Waals surface area contributed by atoms with Gasteiger partial charge in [0.25, 0.3) is 0 Å². The van der Waals surface area contributed by atoms with Crippen molar-refractivity contribution >= 4 is 18.2 Å². The highest BCUT2D eigenvalue weighted by Crippen LogP contribution is 2.20. The molecule has 0 aromatic carbocycles. The van der Waals surface area contributed by atoms with E-state index in [0.29, 0.717) is 4.90 Å². The van der Waals surface area contributed by atoms with Crippen LogP contribution < -0.4 is 5.76 Å². The molecule has 0 aliphatic carbocycles. The van der Waals surface area contributed by atoms with Crippen LogP contribution in [-0.4, -0.2) is 57.1 Å². The Morgan fingerprint density at radius 2 is 1.64 bits per heavy atom. The first kappa shape index (κ1) is 27.9. The highest BCUT2D eigenvalue weighted by molar-refractivity contribution is 5.94. The number of hydrogen-bond acceptors (Lipinski definition) is 9. The molecule has 12 heteroatoms. The van der Waals surface area contributed by atoms with Crippen molar-refractivity contribution in [2.75, 3.05) is 7.11 Å². The summed E-state index contributed by atoms with van der Waals surface area (Å²) in [6.45, 7) is 10.6. The molecular weight excluding hydrogens is 441 g/mol. The fraction of sp³-hybridized carbons (Fsp3) is 0.667. The number of aryl methyl sites for hydroxylation is 1. The third-order valence-corrected chi connectivity index (χ3v) is 3.95. The van der Waals surface area contributed by atoms with Gasteiger partial charge >= 0.3 is 23.9 Å². The number of carbonyl (C=O) groups excluding carboxylic acids is 3. The predicted molar refractivity (Wildman–Crippen MR) is 114 cm³/mol. The minimum absolute atomic E-state index is 0.0766. The van der Waals surface area contributed by atoms with Gasteiger partial charge in [0, 0.05) is 0 Å². The van der Waals surface area contributed by atoms with E-state index in [-0.39, 0.29) is 18.7 Å². The van der Waals surface area contributed by atoms with E-state index in [9.17, 15) is 23.6 Å². The molecule has 0 saturated carbocycles. The predicted octanol–water partition coefficient (Wildman–Crippen LogP) is 3.49. The van der Waals surface area contributed by atoms with Crippen LogP contribution in [0, 0.1) is 6.92 Å². The molecule has 0 saturated heterocycles. The fourth-order valence-corrected chi connectivity index (χ4v) is 2.57. The van der Waals surface area contributed by atoms with Crippen molar-refractivity contribution in [2.24, 2.45) is 0 Å². The van der Waals surface area contributed by atoms with Gasteiger partial charge in [-0.15, -0.1) is 0 Å². The summed E-state index contributed by atoms with van der Waals surface area (Å²) in [6.07, 6.45) is -1.36. The molecule has 11 nitrogen and oxygen atoms in total. The van der Waals surface area contributed by atoms with Crippen LogP contribution in [0.1, 0.15) is 60.2 Å². The largest absolute Gasteiger partial charge is 0.467 e. The van der Waals surface area contributed by atoms with Crippen molar-refractivity contribution in [1.29, 1.82) is 0 Å². The highest BCUT2D eigenvalue weighted by atomic mass is 19.1. The van der Waals surface area contributed by atoms with Crippen molar-refractivity contribution in [2.45, 2.75) is 85.1 Å². The van der Waals surface area contributed by atoms with Gasteiger partial charge in [0.1, 0.15) is 23.1 Å². The zero-order chi connectivity index (χ0) is 25.6. The van der Waals surface area contributed by atoms with E-state index in [2.05, 4.69) is 9.68 Å². The topological polar surface area (TPSA) is 130 Å². The van der Waals surface area contributed by atoms with Gasteiger partial charge in [-0.3, -0.25) is 9.09 Å². The molecule has 1 aromatic rings. The minimum Gasteiger partial charge on any atom is -0.467 e. The summed E-state index contributed by atoms with van der Waals surface area (Å²) < 4.78 is 35.1. The maximum Gasteiger partial charge on any atom is 0.441 e. The molecule has 0 unspecified atom stereocenters. The smallest absolute Gasteiger partial charge is 0.441 e. The number of methoxy groups -OCH3 is 1. The van der Waals surface area contributed by atoms with Crippen molar-refractivity contribution in [3.63, 3.8) is 0 Å². The SMILES string of the molecule is COC(=O)[C@@H](CCC=C(F)Cn1c(C)noc1=O)N(C(=O)OC(C)(C)C)C(=O)OC(C)(C)C. The Balaban J connectivity index is 3.13. The number of nitrogens with zero attached hydrogens (tertiary/aromatic N) is 3. The highest BCUT2D eigenvalue weighted by Gasteiger charge is 2.40. The van der Waals surface area contributed by atoms with Crippen LogP contribution in [0.2, 0.25) is 0 Å². The molecule has 1 heterocycles. The van der Waals surface area contributed by atoms with Crippen LogP contribution in [0.3, 0.4) is 0 Å². The van der Waals surface area contributed by atoms with Gasteiger partial charge in [-0.1, -0.05) is 11.2 Å². The summed E-state index contributed by atoms with van der Waals surface area (Å²) in [5.41, 5.74) is -1.93. The summed E-state index contributed by atoms with van der Waals surface area (Å²) in [7, 11) is 1.09. The van der Waals surface area contributed by atoms with E-state index in [4.69, 9.17) is 14.2 Å². The zero-order valence-electron chi connectivity index (χ0n) is 20.3. The van der Waals surface area contributed by atoms with E-state index in [1.807, 2.05) is 0 Å². The normalized spacial score (nSPS) is 13.3. The Kier molecular flexibility index (Phi) is 9.37. The third kappa shape index (κ3) is 9.07. The molecule has 1 aromatic heterocycles. The molecule has 33 heavy (non-hydrogen) atoms. The number of allylic oxidation sites excluding steroid dienone is 2. The molecule has 1 rings (SSSR count). The second kappa shape index (κ2) is 11.1. The van der Waals surface area contributed by atoms with Crippen LogP contribution in [0.15, 0.2) is 21.2 Å². The number of carbonyl (C=O) groups is 3. The monoisotopic (exact) mass is 473 g/mol. The van der Waals surface area contributed by atoms with E-state index in [0.717, 1.165) is 17.8 Å². The van der Waals surface area contributed by atoms with Crippen molar-refractivity contribution in [1.82, 2.24) is 14.6 Å². The molecule has 0 N–H and O–H groups in total. The molecule has 0 aliphatic rings. The first-order chi connectivity index (χ1) is 15.1. The van der Waals surface area contributed by atoms with E-state index in [1.165, 1.54) is 6.92 Å². The van der Waals surface area contributed by atoms with Crippen LogP contribution >= 0.6 is 0 Å². The van der Waals surface area contributed by atoms with Crippen LogP contribution in [0.5, 0.6) is 0 Å². The van der Waals surface area contributed by atoms with Crippen molar-refractivity contribution < 1.29 is 37.5 Å². The van der Waals surface area contributed by atoms with E-state index < -0.39 is 53.5 Å². The molecule has 0 radical (unpaired) electrons. The number of rotatable bonds is 7. The van der Waals surface area contributed by atoms with Gasteiger partial charge in [-0.25, -0.2) is 23.6 Å². The quantitative estimate of drug-likeness (QED) is 0.431. The Labute approximate surface area is 191 Å². The standard InChI is InChI=1S/C21H32FN3O8/c1-13-23-33-17(27)24(13)12-14(22)10-9-11-15(16(26)30-8)25(18(28)31-20(2,3)4)19(29)32-21(5,6)7/h10,15H,9,11-12H2,1-8H3/t15-/m1/s1. The van der Waals surface area contributed by atoms with Gasteiger partial charge in [0.2, 0.25) is 0 Å². The Bertz CT molecular complexity index is 909. The second-order valence-corrected chi connectivity index (χ2v) is 9.18. The maximum absolute atomic E-state index is 14.3. The first-order valence-electron chi connectivity index (χ1n) is 10.3. The van der Waals surface area contributed by atoms with Crippen LogP contribution in [0.4, 0.5) is 14.0 Å². The van der Waals surface area contributed by atoms with Crippen molar-refractivity contribution in [3.8, 4) is 0 Å². The summed E-state index contributed by atoms with van der Waals surface area (Å²) >= 11 is 0. The van der Waals surface area contributed by atoms with Gasteiger partial charge in [-0.2, -0.15) is 4.90 Å². The molecule has 0 fully saturated rings. The van der Waals surface area contributed by atoms with Gasteiger partial charge in [-0.05, 0) is 61.3 Å². The lowest BCUT2D eigenvalue weighted by Crippen LogP contribution is -2.52. The summed E-state index contributed by atoms with van der Waals surface area (Å²) in [5, 5.41) is 3.44. The molecular formula is C21H32FN3O8. The molecule has 0 spiro atoms. The van der Waals surface area contributed by atoms with Crippen LogP contribution in [0.25, 0.3) is 0 Å². The lowest BCUT2D eigenvalue weighted by atomic mass is 10.1. The number of aromatic nitrogens is 2. The zero-order valence-corrected chi connectivity index (χ0v) is 20.3. The van der Waals surface area contributed by atoms with Gasteiger partial charge in [0.05, 0.1) is 13.7 Å². The van der Waals surface area contributed by atoms with Gasteiger partial charge in [0.15, 0.2) is 5.82 Å². The average Bonchev–Trinajstić information content (AvgIpc) is 2.95. The number of amides is 2. The fourth-order valence-electron chi connectivity index (χ4n) is 2.57. The lowest BCUT2D eigenvalue weighted by molar-refractivity contribution is -0.146. The molecule has 2 amide bonds. The average molecular weight is 473 g/mol. The maximum atomic E-state index is 14.3. The second-order valence-electron chi connectivity index (χ2n) is 9.18. The summed E-state index contributed by atoms with van der Waals surface area (Å²) in [4.78, 5) is 50.1. The molecule has 0 aliphatic heterocycles. The molecule has 186 valence electrons. The van der Waals surface area contributed by atoms with Gasteiger partial charge < -0.3 is 14.2 Å². The number of hydrogen-bond donors (Lipinski definition) is 0. The number of esters is 1. The van der Waals surface area contributed by atoms with E-state index in [1.54, 1.807) is 41.5 Å². The number of ether oxygens (including phenoxy) is 3. The molecule has 0 bridgehead atoms. The van der Waals surface area contributed by atoms with Crippen molar-refractivity contribution in [3.05, 3.63) is 28.3 Å². The number of halogens is 1. The first-order valence-corrected chi connectivity index (χ1v) is 10.3. The Morgan fingerprint density at radius 3 is 2.03 bits per heavy atom. The molecule has 1 atom stereocenters. The summed E-state index contributed by atoms with van der Waals surface area (Å²) in [6, 6.07) is -1.44. The lowest BCUT2D eigenvalue weighted by Gasteiger charge is -2.32. The Morgan fingerprint density at radius 1 is 1.12 bits per heavy atom. The van der Waals surface area contributed by atoms with E-state index >= 15 is 0 Å². The minimum atomic E-state index is -1.44. The van der Waals surface area contributed by atoms with Crippen LogP contribution in [-0.2, 0) is 25.5 Å². The third-order valence-electron chi connectivity index (χ3n) is 3.95. The number of imide groups is 1. The summed E-state index contributed by atoms with van der Waals surface area (Å²) in [5.74, 6) is -2.23.